The molecule has 166 valence electrons. The fourth-order valence-electron chi connectivity index (χ4n) is 4.54. The van der Waals surface area contributed by atoms with Gasteiger partial charge in [0.1, 0.15) is 34.8 Å². The highest BCUT2D eigenvalue weighted by Gasteiger charge is 2.40. The normalized spacial score (nSPS) is 23.2. The summed E-state index contributed by atoms with van der Waals surface area (Å²) in [6.07, 6.45) is 2.62. The van der Waals surface area contributed by atoms with E-state index in [0.717, 1.165) is 10.4 Å². The van der Waals surface area contributed by atoms with Crippen molar-refractivity contribution in [1.82, 2.24) is 19.7 Å². The molecule has 0 N–H and O–H groups in total. The maximum absolute atomic E-state index is 14.4. The van der Waals surface area contributed by atoms with E-state index >= 15 is 0 Å². The van der Waals surface area contributed by atoms with Crippen LogP contribution in [0.2, 0.25) is 0 Å². The molecule has 32 heavy (non-hydrogen) atoms. The molecule has 0 saturated heterocycles. The predicted octanol–water partition coefficient (Wildman–Crippen LogP) is 4.84. The van der Waals surface area contributed by atoms with E-state index in [1.165, 1.54) is 33.7 Å². The van der Waals surface area contributed by atoms with Gasteiger partial charge in [-0.25, -0.2) is 13.8 Å². The van der Waals surface area contributed by atoms with Crippen LogP contribution in [-0.2, 0) is 13.7 Å². The van der Waals surface area contributed by atoms with Crippen LogP contribution in [0.15, 0.2) is 40.5 Å². The first kappa shape index (κ1) is 20.9. The van der Waals surface area contributed by atoms with Gasteiger partial charge in [-0.1, -0.05) is 19.9 Å². The maximum atomic E-state index is 14.4. The number of hydrogen-bond donors (Lipinski definition) is 0. The molecule has 6 nitrogen and oxygen atoms in total. The molecule has 0 bridgehead atoms. The van der Waals surface area contributed by atoms with Gasteiger partial charge in [0.2, 0.25) is 0 Å². The molecule has 0 spiro atoms. The van der Waals surface area contributed by atoms with Crippen LogP contribution in [0.5, 0.6) is 0 Å². The summed E-state index contributed by atoms with van der Waals surface area (Å²) in [4.78, 5) is 24.7. The molecule has 2 aliphatic heterocycles. The molecule has 0 aliphatic carbocycles. The third kappa shape index (κ3) is 3.26. The molecule has 3 atom stereocenters. The third-order valence-electron chi connectivity index (χ3n) is 6.48. The number of aromatic nitrogens is 3. The van der Waals surface area contributed by atoms with Crippen molar-refractivity contribution in [3.63, 3.8) is 0 Å². The smallest absolute Gasteiger partial charge is 0.273 e. The van der Waals surface area contributed by atoms with Crippen LogP contribution >= 0.6 is 11.3 Å². The first-order valence-corrected chi connectivity index (χ1v) is 11.4. The van der Waals surface area contributed by atoms with Gasteiger partial charge in [-0.3, -0.25) is 14.5 Å². The van der Waals surface area contributed by atoms with Crippen LogP contribution < -0.4 is 0 Å². The number of aliphatic imine (C=N–C) groups is 1. The van der Waals surface area contributed by atoms with Crippen LogP contribution in [0.25, 0.3) is 10.2 Å². The standard InChI is InChI=1S/C23H23F2N5OS/c1-12-11-26-19-15(13(12)2)7-8-30(23(31)17-9-14(10-24)28-29(17)3)21(19)22-27-20-16(25)5-4-6-18(20)32-22/h4-6,9,11-13,21H,7-8,10H2,1-3H3/t12?,13?,21-/m0/s1. The molecule has 2 unspecified atom stereocenters. The van der Waals surface area contributed by atoms with Crippen molar-refractivity contribution >= 4 is 33.7 Å². The topological polar surface area (TPSA) is 63.4 Å². The highest BCUT2D eigenvalue weighted by atomic mass is 32.1. The van der Waals surface area contributed by atoms with Crippen molar-refractivity contribution < 1.29 is 13.6 Å². The van der Waals surface area contributed by atoms with E-state index in [4.69, 9.17) is 4.99 Å². The van der Waals surface area contributed by atoms with Crippen LogP contribution in [0.3, 0.4) is 0 Å². The molecule has 2 aromatic heterocycles. The first-order valence-electron chi connectivity index (χ1n) is 10.6. The number of hydrogen-bond acceptors (Lipinski definition) is 5. The summed E-state index contributed by atoms with van der Waals surface area (Å²) in [6, 6.07) is 5.82. The van der Waals surface area contributed by atoms with E-state index in [9.17, 15) is 13.6 Å². The summed E-state index contributed by atoms with van der Waals surface area (Å²) in [5, 5.41) is 4.71. The Balaban J connectivity index is 1.65. The van der Waals surface area contributed by atoms with Crippen LogP contribution in [0.4, 0.5) is 8.78 Å². The molecule has 3 aromatic rings. The Bertz CT molecular complexity index is 1280. The number of nitrogens with zero attached hydrogens (tertiary/aromatic N) is 5. The Morgan fingerprint density at radius 3 is 2.84 bits per heavy atom. The van der Waals surface area contributed by atoms with Gasteiger partial charge in [0.05, 0.1) is 16.1 Å². The number of carbonyl (C=O) groups is 1. The third-order valence-corrected chi connectivity index (χ3v) is 7.55. The van der Waals surface area contributed by atoms with E-state index in [-0.39, 0.29) is 17.4 Å². The number of para-hydroxylation sites is 1. The van der Waals surface area contributed by atoms with E-state index in [1.807, 2.05) is 12.3 Å². The zero-order chi connectivity index (χ0) is 22.6. The lowest BCUT2D eigenvalue weighted by Gasteiger charge is -2.40. The summed E-state index contributed by atoms with van der Waals surface area (Å²) < 4.78 is 29.7. The molecule has 1 amide bonds. The SMILES string of the molecule is CC1C=NC2=C(CCN(C(=O)c3cc(CF)nn3C)[C@@H]2c2nc3c(F)cccc3s2)C1C. The molecular formula is C23H23F2N5OS. The van der Waals surface area contributed by atoms with Gasteiger partial charge >= 0.3 is 0 Å². The first-order chi connectivity index (χ1) is 15.4. The molecule has 9 heteroatoms. The number of rotatable bonds is 3. The van der Waals surface area contributed by atoms with Crippen molar-refractivity contribution in [2.75, 3.05) is 6.54 Å². The fourth-order valence-corrected chi connectivity index (χ4v) is 5.64. The highest BCUT2D eigenvalue weighted by Crippen LogP contribution is 2.45. The number of amides is 1. The van der Waals surface area contributed by atoms with Gasteiger partial charge in [-0.15, -0.1) is 11.3 Å². The van der Waals surface area contributed by atoms with Crippen molar-refractivity contribution in [2.45, 2.75) is 33.0 Å². The molecule has 5 rings (SSSR count). The molecule has 0 saturated carbocycles. The summed E-state index contributed by atoms with van der Waals surface area (Å²) in [6.45, 7) is 4.04. The quantitative estimate of drug-likeness (QED) is 0.568. The van der Waals surface area contributed by atoms with E-state index in [0.29, 0.717) is 41.0 Å². The lowest BCUT2D eigenvalue weighted by molar-refractivity contribution is 0.0673. The summed E-state index contributed by atoms with van der Waals surface area (Å²) >= 11 is 1.37. The van der Waals surface area contributed by atoms with Crippen molar-refractivity contribution in [3.05, 3.63) is 57.7 Å². The Morgan fingerprint density at radius 2 is 2.12 bits per heavy atom. The van der Waals surface area contributed by atoms with Gasteiger partial charge in [-0.2, -0.15) is 5.10 Å². The number of halogens is 2. The lowest BCUT2D eigenvalue weighted by Crippen LogP contribution is -2.42. The van der Waals surface area contributed by atoms with E-state index in [1.54, 1.807) is 18.0 Å². The van der Waals surface area contributed by atoms with Gasteiger partial charge in [0, 0.05) is 19.8 Å². The second-order valence-corrected chi connectivity index (χ2v) is 9.47. The zero-order valence-electron chi connectivity index (χ0n) is 18.0. The Kier molecular flexibility index (Phi) is 5.16. The minimum atomic E-state index is -0.739. The molecule has 0 fully saturated rings. The number of fused-ring (bicyclic) bond motifs is 1. The molecule has 0 radical (unpaired) electrons. The van der Waals surface area contributed by atoms with Crippen molar-refractivity contribution in [3.8, 4) is 0 Å². The minimum absolute atomic E-state index is 0.213. The van der Waals surface area contributed by atoms with Gasteiger partial charge in [0.15, 0.2) is 0 Å². The number of benzene rings is 1. The highest BCUT2D eigenvalue weighted by molar-refractivity contribution is 7.18. The number of carbonyl (C=O) groups excluding carboxylic acids is 1. The predicted molar refractivity (Wildman–Crippen MR) is 120 cm³/mol. The van der Waals surface area contributed by atoms with E-state index in [2.05, 4.69) is 23.9 Å². The minimum Gasteiger partial charge on any atom is -0.322 e. The van der Waals surface area contributed by atoms with E-state index < -0.39 is 12.7 Å². The Hall–Kier alpha value is -2.94. The van der Waals surface area contributed by atoms with Crippen LogP contribution in [-0.4, -0.2) is 38.3 Å². The average Bonchev–Trinajstić information content (AvgIpc) is 3.39. The molecule has 2 aliphatic rings. The Labute approximate surface area is 188 Å². The Morgan fingerprint density at radius 1 is 1.31 bits per heavy atom. The second kappa shape index (κ2) is 7.88. The van der Waals surface area contributed by atoms with Gasteiger partial charge in [-0.05, 0) is 42.0 Å². The van der Waals surface area contributed by atoms with Gasteiger partial charge in [0.25, 0.3) is 5.91 Å². The zero-order valence-corrected chi connectivity index (χ0v) is 18.9. The number of alkyl halides is 1. The largest absolute Gasteiger partial charge is 0.322 e. The summed E-state index contributed by atoms with van der Waals surface area (Å²) in [7, 11) is 1.63. The summed E-state index contributed by atoms with van der Waals surface area (Å²) in [5.74, 6) is -0.0597. The number of aryl methyl sites for hydroxylation is 1. The fraction of sp³-hybridized carbons (Fsp3) is 0.391. The van der Waals surface area contributed by atoms with Crippen molar-refractivity contribution in [1.29, 1.82) is 0 Å². The summed E-state index contributed by atoms with van der Waals surface area (Å²) in [5.41, 5.74) is 2.84. The number of thiazole rings is 1. The monoisotopic (exact) mass is 455 g/mol. The molecular weight excluding hydrogens is 432 g/mol. The average molecular weight is 456 g/mol. The van der Waals surface area contributed by atoms with Crippen molar-refractivity contribution in [2.24, 2.45) is 23.9 Å². The van der Waals surface area contributed by atoms with Gasteiger partial charge < -0.3 is 4.90 Å². The maximum Gasteiger partial charge on any atom is 0.273 e. The van der Waals surface area contributed by atoms with Crippen LogP contribution in [0.1, 0.15) is 47.5 Å². The molecule has 4 heterocycles. The second-order valence-electron chi connectivity index (χ2n) is 8.40. The van der Waals surface area contributed by atoms with Crippen LogP contribution in [0, 0.1) is 17.7 Å². The molecule has 1 aromatic carbocycles. The lowest BCUT2D eigenvalue weighted by atomic mass is 9.81.